The van der Waals surface area contributed by atoms with Gasteiger partial charge in [-0.15, -0.1) is 0 Å². The van der Waals surface area contributed by atoms with Crippen LogP contribution < -0.4 is 0 Å². The van der Waals surface area contributed by atoms with E-state index < -0.39 is 12.1 Å². The fourth-order valence-electron chi connectivity index (χ4n) is 1.12. The van der Waals surface area contributed by atoms with E-state index in [0.29, 0.717) is 11.8 Å². The van der Waals surface area contributed by atoms with Gasteiger partial charge in [0.25, 0.3) is 0 Å². The summed E-state index contributed by atoms with van der Waals surface area (Å²) in [7, 11) is 0. The molecule has 0 heterocycles. The van der Waals surface area contributed by atoms with E-state index in [1.165, 1.54) is 12.1 Å². The van der Waals surface area contributed by atoms with Crippen molar-refractivity contribution in [1.29, 1.82) is 0 Å². The molecular weight excluding hydrogens is 184 g/mol. The molecule has 0 aliphatic carbocycles. The van der Waals surface area contributed by atoms with Gasteiger partial charge in [-0.05, 0) is 17.7 Å². The Hall–Kier alpha value is -1.68. The van der Waals surface area contributed by atoms with Gasteiger partial charge in [-0.2, -0.15) is 0 Å². The molecule has 0 amide bonds. The molecular formula is C10H10O4. The monoisotopic (exact) mass is 194 g/mol. The largest absolute Gasteiger partial charge is 0.478 e. The maximum atomic E-state index is 10.6. The normalized spacial score (nSPS) is 12.1. The molecule has 74 valence electrons. The zero-order chi connectivity index (χ0) is 10.6. The Kier molecular flexibility index (Phi) is 3.36. The van der Waals surface area contributed by atoms with Crippen LogP contribution in [-0.2, 0) is 11.2 Å². The minimum atomic E-state index is -1.07. The van der Waals surface area contributed by atoms with Crippen LogP contribution in [0.4, 0.5) is 0 Å². The molecule has 1 rings (SSSR count). The number of aldehydes is 1. The van der Waals surface area contributed by atoms with Crippen LogP contribution in [0.15, 0.2) is 24.3 Å². The maximum Gasteiger partial charge on any atom is 0.335 e. The molecule has 1 aromatic carbocycles. The minimum Gasteiger partial charge on any atom is -0.478 e. The van der Waals surface area contributed by atoms with Gasteiger partial charge in [0.2, 0.25) is 0 Å². The Morgan fingerprint density at radius 1 is 1.50 bits per heavy atom. The number of aliphatic hydroxyl groups excluding tert-OH is 1. The Morgan fingerprint density at radius 2 is 2.21 bits per heavy atom. The summed E-state index contributed by atoms with van der Waals surface area (Å²) in [5.74, 6) is -1.02. The molecule has 1 atom stereocenters. The van der Waals surface area contributed by atoms with Crippen LogP contribution in [0, 0.1) is 0 Å². The van der Waals surface area contributed by atoms with E-state index in [0.717, 1.165) is 0 Å². The topological polar surface area (TPSA) is 74.6 Å². The van der Waals surface area contributed by atoms with Crippen LogP contribution in [0.3, 0.4) is 0 Å². The van der Waals surface area contributed by atoms with Crippen molar-refractivity contribution >= 4 is 12.3 Å². The summed E-state index contributed by atoms with van der Waals surface area (Å²) in [6, 6.07) is 6.14. The summed E-state index contributed by atoms with van der Waals surface area (Å²) in [6.45, 7) is 0. The first-order valence-electron chi connectivity index (χ1n) is 4.09. The fraction of sp³-hybridized carbons (Fsp3) is 0.200. The minimum absolute atomic E-state index is 0.143. The molecule has 14 heavy (non-hydrogen) atoms. The lowest BCUT2D eigenvalue weighted by Crippen LogP contribution is -2.11. The third kappa shape index (κ3) is 2.67. The summed E-state index contributed by atoms with van der Waals surface area (Å²) in [5, 5.41) is 17.7. The van der Waals surface area contributed by atoms with Crippen LogP contribution in [0.2, 0.25) is 0 Å². The number of aromatic carboxylic acids is 1. The quantitative estimate of drug-likeness (QED) is 0.684. The average Bonchev–Trinajstić information content (AvgIpc) is 2.18. The molecule has 0 spiro atoms. The zero-order valence-corrected chi connectivity index (χ0v) is 7.38. The molecule has 1 unspecified atom stereocenters. The number of carboxylic acid groups (broad SMARTS) is 1. The number of aliphatic hydroxyl groups is 1. The standard InChI is InChI=1S/C10H10O4/c11-6-9(12)5-7-2-1-3-8(4-7)10(13)14/h1-4,6,9,12H,5H2,(H,13,14). The number of hydrogen-bond donors (Lipinski definition) is 2. The highest BCUT2D eigenvalue weighted by Crippen LogP contribution is 2.07. The van der Waals surface area contributed by atoms with Crippen LogP contribution in [-0.4, -0.2) is 28.6 Å². The molecule has 0 saturated carbocycles. The molecule has 0 aromatic heterocycles. The second kappa shape index (κ2) is 4.53. The van der Waals surface area contributed by atoms with E-state index in [4.69, 9.17) is 10.2 Å². The molecule has 4 nitrogen and oxygen atoms in total. The van der Waals surface area contributed by atoms with E-state index in [9.17, 15) is 9.59 Å². The van der Waals surface area contributed by atoms with Crippen LogP contribution in [0.1, 0.15) is 15.9 Å². The fourth-order valence-corrected chi connectivity index (χ4v) is 1.12. The van der Waals surface area contributed by atoms with Crippen molar-refractivity contribution in [1.82, 2.24) is 0 Å². The number of carbonyl (C=O) groups excluding carboxylic acids is 1. The predicted octanol–water partition coefficient (Wildman–Crippen LogP) is 0.487. The second-order valence-electron chi connectivity index (χ2n) is 2.91. The summed E-state index contributed by atoms with van der Waals surface area (Å²) < 4.78 is 0. The summed E-state index contributed by atoms with van der Waals surface area (Å²) in [4.78, 5) is 20.7. The van der Waals surface area contributed by atoms with Crippen molar-refractivity contribution in [3.63, 3.8) is 0 Å². The van der Waals surface area contributed by atoms with Gasteiger partial charge >= 0.3 is 5.97 Å². The molecule has 4 heteroatoms. The van der Waals surface area contributed by atoms with Crippen molar-refractivity contribution in [2.24, 2.45) is 0 Å². The molecule has 0 bridgehead atoms. The third-order valence-electron chi connectivity index (χ3n) is 1.78. The van der Waals surface area contributed by atoms with E-state index in [1.807, 2.05) is 0 Å². The van der Waals surface area contributed by atoms with Gasteiger partial charge in [0.05, 0.1) is 5.56 Å². The van der Waals surface area contributed by atoms with Gasteiger partial charge in [-0.25, -0.2) is 4.79 Å². The number of carboxylic acids is 1. The van der Waals surface area contributed by atoms with Crippen LogP contribution in [0.5, 0.6) is 0 Å². The average molecular weight is 194 g/mol. The van der Waals surface area contributed by atoms with Crippen molar-refractivity contribution in [2.45, 2.75) is 12.5 Å². The molecule has 0 radical (unpaired) electrons. The third-order valence-corrected chi connectivity index (χ3v) is 1.78. The molecule has 0 aliphatic heterocycles. The molecule has 0 aliphatic rings. The molecule has 2 N–H and O–H groups in total. The van der Waals surface area contributed by atoms with E-state index in [-0.39, 0.29) is 12.0 Å². The lowest BCUT2D eigenvalue weighted by Gasteiger charge is -2.03. The Bertz CT molecular complexity index is 346. The smallest absolute Gasteiger partial charge is 0.335 e. The van der Waals surface area contributed by atoms with E-state index in [2.05, 4.69) is 0 Å². The number of carbonyl (C=O) groups is 2. The van der Waals surface area contributed by atoms with Crippen molar-refractivity contribution in [2.75, 3.05) is 0 Å². The Balaban J connectivity index is 2.83. The highest BCUT2D eigenvalue weighted by Gasteiger charge is 2.06. The van der Waals surface area contributed by atoms with Gasteiger partial charge in [0, 0.05) is 6.42 Å². The van der Waals surface area contributed by atoms with E-state index in [1.54, 1.807) is 12.1 Å². The first-order chi connectivity index (χ1) is 6.63. The lowest BCUT2D eigenvalue weighted by molar-refractivity contribution is -0.114. The predicted molar refractivity (Wildman–Crippen MR) is 49.2 cm³/mol. The van der Waals surface area contributed by atoms with Gasteiger partial charge in [0.1, 0.15) is 12.4 Å². The molecule has 0 saturated heterocycles. The van der Waals surface area contributed by atoms with E-state index >= 15 is 0 Å². The highest BCUT2D eigenvalue weighted by atomic mass is 16.4. The Morgan fingerprint density at radius 3 is 2.79 bits per heavy atom. The van der Waals surface area contributed by atoms with Gasteiger partial charge in [-0.1, -0.05) is 12.1 Å². The van der Waals surface area contributed by atoms with Crippen LogP contribution >= 0.6 is 0 Å². The second-order valence-corrected chi connectivity index (χ2v) is 2.91. The molecule has 0 fully saturated rings. The van der Waals surface area contributed by atoms with Gasteiger partial charge < -0.3 is 15.0 Å². The maximum absolute atomic E-state index is 10.6. The summed E-state index contributed by atoms with van der Waals surface area (Å²) >= 11 is 0. The van der Waals surface area contributed by atoms with Crippen molar-refractivity contribution < 1.29 is 19.8 Å². The Labute approximate surface area is 80.8 Å². The molecule has 1 aromatic rings. The summed E-state index contributed by atoms with van der Waals surface area (Å²) in [6.07, 6.45) is -0.503. The number of benzene rings is 1. The number of rotatable bonds is 4. The van der Waals surface area contributed by atoms with Crippen molar-refractivity contribution in [3.8, 4) is 0 Å². The van der Waals surface area contributed by atoms with Crippen molar-refractivity contribution in [3.05, 3.63) is 35.4 Å². The SMILES string of the molecule is O=CC(O)Cc1cccc(C(=O)O)c1. The first-order valence-corrected chi connectivity index (χ1v) is 4.09. The summed E-state index contributed by atoms with van der Waals surface area (Å²) in [5.41, 5.74) is 0.782. The first kappa shape index (κ1) is 10.4. The van der Waals surface area contributed by atoms with Gasteiger partial charge in [-0.3, -0.25) is 0 Å². The van der Waals surface area contributed by atoms with Gasteiger partial charge in [0.15, 0.2) is 0 Å². The van der Waals surface area contributed by atoms with Crippen LogP contribution in [0.25, 0.3) is 0 Å². The lowest BCUT2D eigenvalue weighted by atomic mass is 10.1. The zero-order valence-electron chi connectivity index (χ0n) is 7.38. The highest BCUT2D eigenvalue weighted by molar-refractivity contribution is 5.87. The number of hydrogen-bond acceptors (Lipinski definition) is 3.